The van der Waals surface area contributed by atoms with Gasteiger partial charge in [0.1, 0.15) is 5.75 Å². The molecular weight excluding hydrogens is 258 g/mol. The van der Waals surface area contributed by atoms with Gasteiger partial charge in [-0.1, -0.05) is 29.8 Å². The highest BCUT2D eigenvalue weighted by molar-refractivity contribution is 5.57. The van der Waals surface area contributed by atoms with Crippen LogP contribution in [0.2, 0.25) is 0 Å². The number of anilines is 1. The third kappa shape index (κ3) is 2.90. The van der Waals surface area contributed by atoms with Gasteiger partial charge in [0, 0.05) is 11.7 Å². The molecule has 0 atom stereocenters. The van der Waals surface area contributed by atoms with Gasteiger partial charge in [-0.15, -0.1) is 0 Å². The predicted octanol–water partition coefficient (Wildman–Crippen LogP) is 4.68. The number of phenols is 1. The van der Waals surface area contributed by atoms with Crippen LogP contribution in [0.5, 0.6) is 5.75 Å². The molecule has 0 aromatic heterocycles. The van der Waals surface area contributed by atoms with Gasteiger partial charge in [-0.25, -0.2) is 0 Å². The highest BCUT2D eigenvalue weighted by Gasteiger charge is 2.30. The van der Waals surface area contributed by atoms with Gasteiger partial charge in [0.2, 0.25) is 0 Å². The lowest BCUT2D eigenvalue weighted by atomic mass is 9.75. The molecule has 2 heteroatoms. The summed E-state index contributed by atoms with van der Waals surface area (Å²) in [6.45, 7) is 6.11. The van der Waals surface area contributed by atoms with E-state index in [1.165, 1.54) is 24.0 Å². The van der Waals surface area contributed by atoms with Crippen molar-refractivity contribution in [3.05, 3.63) is 58.7 Å². The first kappa shape index (κ1) is 14.0. The summed E-state index contributed by atoms with van der Waals surface area (Å²) in [5.41, 5.74) is 5.97. The van der Waals surface area contributed by atoms with E-state index >= 15 is 0 Å². The molecule has 3 rings (SSSR count). The van der Waals surface area contributed by atoms with E-state index < -0.39 is 0 Å². The van der Waals surface area contributed by atoms with Gasteiger partial charge in [0.15, 0.2) is 0 Å². The van der Waals surface area contributed by atoms with Gasteiger partial charge >= 0.3 is 0 Å². The summed E-state index contributed by atoms with van der Waals surface area (Å²) in [6, 6.07) is 13.3. The Kier molecular flexibility index (Phi) is 3.62. The number of hydrogen-bond acceptors (Lipinski definition) is 2. The molecule has 0 bridgehead atoms. The van der Waals surface area contributed by atoms with Crippen LogP contribution in [0.3, 0.4) is 0 Å². The first-order valence-corrected chi connectivity index (χ1v) is 7.66. The number of rotatable bonds is 3. The van der Waals surface area contributed by atoms with Crippen LogP contribution in [0, 0.1) is 20.8 Å². The fourth-order valence-electron chi connectivity index (χ4n) is 3.02. The van der Waals surface area contributed by atoms with Crippen LogP contribution in [0.4, 0.5) is 5.69 Å². The van der Waals surface area contributed by atoms with Crippen LogP contribution in [0.25, 0.3) is 0 Å². The molecule has 2 N–H and O–H groups in total. The van der Waals surface area contributed by atoms with Crippen molar-refractivity contribution < 1.29 is 5.11 Å². The third-order valence-corrected chi connectivity index (χ3v) is 4.59. The first-order chi connectivity index (χ1) is 10.0. The molecule has 21 heavy (non-hydrogen) atoms. The maximum Gasteiger partial charge on any atom is 0.118 e. The lowest BCUT2D eigenvalue weighted by Gasteiger charge is -2.37. The zero-order valence-corrected chi connectivity index (χ0v) is 13.0. The van der Waals surface area contributed by atoms with Gasteiger partial charge in [-0.3, -0.25) is 0 Å². The Balaban J connectivity index is 1.62. The number of aromatic hydroxyl groups is 1. The monoisotopic (exact) mass is 281 g/mol. The maximum atomic E-state index is 9.72. The molecule has 0 amide bonds. The fraction of sp³-hybridized carbons (Fsp3) is 0.368. The van der Waals surface area contributed by atoms with Gasteiger partial charge in [0.25, 0.3) is 0 Å². The SMILES string of the molecule is Cc1ccc(C2CC(Nc3cc(C)c(O)cc3C)C2)cc1. The van der Waals surface area contributed by atoms with Gasteiger partial charge < -0.3 is 10.4 Å². The second-order valence-corrected chi connectivity index (χ2v) is 6.37. The van der Waals surface area contributed by atoms with Crippen LogP contribution in [-0.2, 0) is 0 Å². The Morgan fingerprint density at radius 1 is 0.952 bits per heavy atom. The van der Waals surface area contributed by atoms with E-state index in [0.29, 0.717) is 17.7 Å². The van der Waals surface area contributed by atoms with Crippen molar-refractivity contribution in [1.29, 1.82) is 0 Å². The van der Waals surface area contributed by atoms with Crippen molar-refractivity contribution in [3.8, 4) is 5.75 Å². The maximum absolute atomic E-state index is 9.72. The van der Waals surface area contributed by atoms with Crippen LogP contribution < -0.4 is 5.32 Å². The normalized spacial score (nSPS) is 20.9. The van der Waals surface area contributed by atoms with E-state index in [0.717, 1.165) is 16.8 Å². The molecule has 0 aliphatic heterocycles. The quantitative estimate of drug-likeness (QED) is 0.801. The number of aryl methyl sites for hydroxylation is 3. The van der Waals surface area contributed by atoms with Crippen molar-refractivity contribution in [2.45, 2.75) is 45.6 Å². The second kappa shape index (κ2) is 5.44. The zero-order chi connectivity index (χ0) is 15.0. The molecule has 1 fully saturated rings. The Hall–Kier alpha value is -1.96. The highest BCUT2D eigenvalue weighted by atomic mass is 16.3. The Morgan fingerprint density at radius 3 is 2.29 bits per heavy atom. The Labute approximate surface area is 126 Å². The highest BCUT2D eigenvalue weighted by Crippen LogP contribution is 2.39. The van der Waals surface area contributed by atoms with Crippen molar-refractivity contribution >= 4 is 5.69 Å². The lowest BCUT2D eigenvalue weighted by Crippen LogP contribution is -2.34. The minimum Gasteiger partial charge on any atom is -0.508 e. The van der Waals surface area contributed by atoms with Crippen molar-refractivity contribution in [3.63, 3.8) is 0 Å². The minimum absolute atomic E-state index is 0.379. The van der Waals surface area contributed by atoms with Crippen molar-refractivity contribution in [1.82, 2.24) is 0 Å². The van der Waals surface area contributed by atoms with E-state index in [1.54, 1.807) is 0 Å². The third-order valence-electron chi connectivity index (χ3n) is 4.59. The summed E-state index contributed by atoms with van der Waals surface area (Å²) < 4.78 is 0. The summed E-state index contributed by atoms with van der Waals surface area (Å²) >= 11 is 0. The minimum atomic E-state index is 0.379. The van der Waals surface area contributed by atoms with Crippen LogP contribution in [-0.4, -0.2) is 11.1 Å². The molecule has 0 unspecified atom stereocenters. The molecule has 2 aromatic rings. The summed E-state index contributed by atoms with van der Waals surface area (Å²) in [4.78, 5) is 0. The summed E-state index contributed by atoms with van der Waals surface area (Å²) in [5.74, 6) is 1.06. The largest absolute Gasteiger partial charge is 0.508 e. The summed E-state index contributed by atoms with van der Waals surface area (Å²) in [6.07, 6.45) is 2.37. The molecule has 2 nitrogen and oxygen atoms in total. The smallest absolute Gasteiger partial charge is 0.118 e. The van der Waals surface area contributed by atoms with Gasteiger partial charge in [0.05, 0.1) is 0 Å². The first-order valence-electron chi connectivity index (χ1n) is 7.66. The average Bonchev–Trinajstić information content (AvgIpc) is 2.40. The Morgan fingerprint density at radius 2 is 1.62 bits per heavy atom. The molecule has 0 spiro atoms. The van der Waals surface area contributed by atoms with E-state index in [4.69, 9.17) is 0 Å². The molecule has 0 radical (unpaired) electrons. The molecule has 1 aliphatic carbocycles. The summed E-state index contributed by atoms with van der Waals surface area (Å²) in [5, 5.41) is 13.3. The van der Waals surface area contributed by atoms with E-state index in [-0.39, 0.29) is 0 Å². The molecule has 2 aromatic carbocycles. The summed E-state index contributed by atoms with van der Waals surface area (Å²) in [7, 11) is 0. The number of nitrogens with one attached hydrogen (secondary N) is 1. The topological polar surface area (TPSA) is 32.3 Å². The molecule has 0 saturated heterocycles. The van der Waals surface area contributed by atoms with E-state index in [2.05, 4.69) is 36.5 Å². The fourth-order valence-corrected chi connectivity index (χ4v) is 3.02. The van der Waals surface area contributed by atoms with Gasteiger partial charge in [-0.05, 0) is 68.4 Å². The van der Waals surface area contributed by atoms with Gasteiger partial charge in [-0.2, -0.15) is 0 Å². The molecule has 1 aliphatic rings. The van der Waals surface area contributed by atoms with Crippen molar-refractivity contribution in [2.75, 3.05) is 5.32 Å². The number of hydrogen-bond donors (Lipinski definition) is 2. The molecular formula is C19H23NO. The van der Waals surface area contributed by atoms with Crippen LogP contribution >= 0.6 is 0 Å². The molecule has 110 valence electrons. The van der Waals surface area contributed by atoms with Crippen molar-refractivity contribution in [2.24, 2.45) is 0 Å². The predicted molar refractivity (Wildman–Crippen MR) is 88.1 cm³/mol. The standard InChI is InChI=1S/C19H23NO/c1-12-4-6-15(7-5-12)16-10-17(11-16)20-18-8-14(3)19(21)9-13(18)2/h4-9,16-17,20-21H,10-11H2,1-3H3. The van der Waals surface area contributed by atoms with Crippen LogP contribution in [0.15, 0.2) is 36.4 Å². The lowest BCUT2D eigenvalue weighted by molar-refractivity contribution is 0.374. The Bertz CT molecular complexity index is 639. The molecule has 1 saturated carbocycles. The van der Waals surface area contributed by atoms with Crippen LogP contribution in [0.1, 0.15) is 41.0 Å². The zero-order valence-electron chi connectivity index (χ0n) is 13.0. The average molecular weight is 281 g/mol. The number of phenolic OH excluding ortho intramolecular Hbond substituents is 1. The van der Waals surface area contributed by atoms with E-state index in [1.807, 2.05) is 26.0 Å². The van der Waals surface area contributed by atoms with E-state index in [9.17, 15) is 5.11 Å². The second-order valence-electron chi connectivity index (χ2n) is 6.37. The number of benzene rings is 2. The molecule has 0 heterocycles.